The van der Waals surface area contributed by atoms with Crippen LogP contribution in [0.15, 0.2) is 53.0 Å². The molecule has 132 valence electrons. The van der Waals surface area contributed by atoms with Gasteiger partial charge in [0, 0.05) is 24.7 Å². The van der Waals surface area contributed by atoms with Crippen molar-refractivity contribution < 1.29 is 4.74 Å². The fraction of sp³-hybridized carbons (Fsp3) is 0.211. The number of guanidine groups is 1. The highest BCUT2D eigenvalue weighted by molar-refractivity contribution is 7.14. The van der Waals surface area contributed by atoms with Crippen molar-refractivity contribution in [2.24, 2.45) is 4.99 Å². The van der Waals surface area contributed by atoms with Crippen molar-refractivity contribution in [3.63, 3.8) is 0 Å². The second kappa shape index (κ2) is 7.53. The number of aliphatic imine (C=N–C) groups is 1. The lowest BCUT2D eigenvalue weighted by molar-refractivity contribution is 0.464. The number of anilines is 1. The fourth-order valence-electron chi connectivity index (χ4n) is 2.63. The number of benzene rings is 1. The first-order chi connectivity index (χ1) is 12.8. The normalized spacial score (nSPS) is 13.7. The van der Waals surface area contributed by atoms with Crippen molar-refractivity contribution in [2.45, 2.75) is 13.3 Å². The van der Waals surface area contributed by atoms with Gasteiger partial charge in [-0.05, 0) is 43.2 Å². The maximum Gasteiger partial charge on any atom is 0.228 e. The summed E-state index contributed by atoms with van der Waals surface area (Å²) in [6.07, 6.45) is 2.78. The first-order valence-corrected chi connectivity index (χ1v) is 9.37. The van der Waals surface area contributed by atoms with E-state index >= 15 is 0 Å². The van der Waals surface area contributed by atoms with Crippen LogP contribution in [0, 0.1) is 6.92 Å². The standard InChI is InChI=1S/C19H19N5OS/c1-13-5-2-6-14(11-13)25-17-15(7-3-8-20-17)16-12-26-19(23-16)24-18-21-9-4-10-22-18/h2-3,5-8,11-12H,4,9-10H2,1H3,(H2,21,22,23,24). The Hall–Kier alpha value is -2.93. The van der Waals surface area contributed by atoms with E-state index in [1.54, 1.807) is 6.20 Å². The van der Waals surface area contributed by atoms with Crippen molar-refractivity contribution >= 4 is 22.4 Å². The van der Waals surface area contributed by atoms with Crippen LogP contribution in [0.4, 0.5) is 5.13 Å². The lowest BCUT2D eigenvalue weighted by atomic mass is 10.2. The summed E-state index contributed by atoms with van der Waals surface area (Å²) in [5.74, 6) is 2.09. The van der Waals surface area contributed by atoms with E-state index in [1.165, 1.54) is 11.3 Å². The third kappa shape index (κ3) is 3.83. The van der Waals surface area contributed by atoms with Crippen molar-refractivity contribution in [2.75, 3.05) is 18.4 Å². The molecule has 7 heteroatoms. The minimum Gasteiger partial charge on any atom is -0.438 e. The van der Waals surface area contributed by atoms with E-state index in [4.69, 9.17) is 4.74 Å². The zero-order valence-corrected chi connectivity index (χ0v) is 15.2. The van der Waals surface area contributed by atoms with Gasteiger partial charge in [0.1, 0.15) is 5.75 Å². The van der Waals surface area contributed by atoms with E-state index in [-0.39, 0.29) is 0 Å². The van der Waals surface area contributed by atoms with Crippen LogP contribution in [0.5, 0.6) is 11.6 Å². The number of nitrogens with one attached hydrogen (secondary N) is 2. The maximum atomic E-state index is 6.00. The number of ether oxygens (including phenoxy) is 1. The molecule has 0 spiro atoms. The zero-order chi connectivity index (χ0) is 17.8. The summed E-state index contributed by atoms with van der Waals surface area (Å²) in [6.45, 7) is 3.80. The number of hydrogen-bond donors (Lipinski definition) is 2. The molecule has 0 unspecified atom stereocenters. The van der Waals surface area contributed by atoms with E-state index in [2.05, 4.69) is 25.6 Å². The first-order valence-electron chi connectivity index (χ1n) is 8.49. The van der Waals surface area contributed by atoms with Crippen LogP contribution >= 0.6 is 11.3 Å². The zero-order valence-electron chi connectivity index (χ0n) is 14.4. The summed E-state index contributed by atoms with van der Waals surface area (Å²) in [6, 6.07) is 11.8. The molecule has 0 radical (unpaired) electrons. The molecule has 26 heavy (non-hydrogen) atoms. The second-order valence-corrected chi connectivity index (χ2v) is 6.81. The molecule has 0 saturated carbocycles. The summed E-state index contributed by atoms with van der Waals surface area (Å²) in [4.78, 5) is 13.5. The van der Waals surface area contributed by atoms with Gasteiger partial charge in [-0.1, -0.05) is 12.1 Å². The number of aromatic nitrogens is 2. The number of aryl methyl sites for hydroxylation is 1. The minimum absolute atomic E-state index is 0.545. The van der Waals surface area contributed by atoms with Gasteiger partial charge in [0.2, 0.25) is 5.88 Å². The van der Waals surface area contributed by atoms with E-state index in [0.717, 1.165) is 53.2 Å². The Labute approximate surface area is 156 Å². The summed E-state index contributed by atoms with van der Waals surface area (Å²) < 4.78 is 6.00. The summed E-state index contributed by atoms with van der Waals surface area (Å²) in [7, 11) is 0. The molecule has 0 bridgehead atoms. The van der Waals surface area contributed by atoms with Crippen LogP contribution in [0.2, 0.25) is 0 Å². The third-order valence-electron chi connectivity index (χ3n) is 3.88. The largest absolute Gasteiger partial charge is 0.438 e. The van der Waals surface area contributed by atoms with Crippen LogP contribution < -0.4 is 15.4 Å². The van der Waals surface area contributed by atoms with Gasteiger partial charge in [0.25, 0.3) is 0 Å². The highest BCUT2D eigenvalue weighted by Crippen LogP contribution is 2.33. The number of rotatable bonds is 4. The molecule has 1 aliphatic rings. The number of thiazole rings is 1. The average Bonchev–Trinajstić information content (AvgIpc) is 3.11. The first kappa shape index (κ1) is 16.5. The Morgan fingerprint density at radius 3 is 3.04 bits per heavy atom. The van der Waals surface area contributed by atoms with Gasteiger partial charge < -0.3 is 15.4 Å². The molecule has 0 fully saturated rings. The SMILES string of the molecule is Cc1cccc(Oc2ncccc2-c2csc(NC3=NCCCN3)n2)c1. The molecule has 0 atom stereocenters. The molecule has 0 amide bonds. The predicted octanol–water partition coefficient (Wildman–Crippen LogP) is 4.07. The lowest BCUT2D eigenvalue weighted by Crippen LogP contribution is -2.35. The van der Waals surface area contributed by atoms with E-state index in [9.17, 15) is 0 Å². The molecule has 3 aromatic rings. The van der Waals surface area contributed by atoms with Gasteiger partial charge in [0.15, 0.2) is 11.1 Å². The predicted molar refractivity (Wildman–Crippen MR) is 105 cm³/mol. The van der Waals surface area contributed by atoms with Crippen LogP contribution in [-0.4, -0.2) is 29.0 Å². The highest BCUT2D eigenvalue weighted by atomic mass is 32.1. The monoisotopic (exact) mass is 365 g/mol. The number of hydrogen-bond acceptors (Lipinski definition) is 7. The molecule has 3 heterocycles. The molecule has 2 aromatic heterocycles. The summed E-state index contributed by atoms with van der Waals surface area (Å²) in [5.41, 5.74) is 2.82. The highest BCUT2D eigenvalue weighted by Gasteiger charge is 2.13. The molecule has 0 aliphatic carbocycles. The molecule has 6 nitrogen and oxygen atoms in total. The smallest absolute Gasteiger partial charge is 0.228 e. The van der Waals surface area contributed by atoms with Gasteiger partial charge in [-0.3, -0.25) is 4.99 Å². The summed E-state index contributed by atoms with van der Waals surface area (Å²) >= 11 is 1.53. The molecule has 4 rings (SSSR count). The Morgan fingerprint density at radius 1 is 1.23 bits per heavy atom. The quantitative estimate of drug-likeness (QED) is 0.729. The number of nitrogens with zero attached hydrogens (tertiary/aromatic N) is 3. The molecule has 0 saturated heterocycles. The van der Waals surface area contributed by atoms with Crippen molar-refractivity contribution in [1.82, 2.24) is 15.3 Å². The minimum atomic E-state index is 0.545. The van der Waals surface area contributed by atoms with Crippen molar-refractivity contribution in [3.8, 4) is 22.9 Å². The van der Waals surface area contributed by atoms with E-state index < -0.39 is 0 Å². The second-order valence-electron chi connectivity index (χ2n) is 5.95. The van der Waals surface area contributed by atoms with Gasteiger partial charge >= 0.3 is 0 Å². The third-order valence-corrected chi connectivity index (χ3v) is 4.64. The molecule has 2 N–H and O–H groups in total. The van der Waals surface area contributed by atoms with Gasteiger partial charge in [-0.2, -0.15) is 0 Å². The van der Waals surface area contributed by atoms with Gasteiger partial charge in [-0.25, -0.2) is 9.97 Å². The van der Waals surface area contributed by atoms with Crippen molar-refractivity contribution in [1.29, 1.82) is 0 Å². The van der Waals surface area contributed by atoms with Crippen LogP contribution in [0.25, 0.3) is 11.3 Å². The molecule has 1 aliphatic heterocycles. The summed E-state index contributed by atoms with van der Waals surface area (Å²) in [5, 5.41) is 9.25. The Morgan fingerprint density at radius 2 is 2.19 bits per heavy atom. The topological polar surface area (TPSA) is 71.4 Å². The molecule has 1 aromatic carbocycles. The van der Waals surface area contributed by atoms with Crippen LogP contribution in [0.1, 0.15) is 12.0 Å². The van der Waals surface area contributed by atoms with E-state index in [0.29, 0.717) is 5.88 Å². The molecular weight excluding hydrogens is 346 g/mol. The van der Waals surface area contributed by atoms with E-state index in [1.807, 2.05) is 48.7 Å². The Kier molecular flexibility index (Phi) is 4.79. The van der Waals surface area contributed by atoms with Crippen LogP contribution in [0.3, 0.4) is 0 Å². The molecular formula is C19H19N5OS. The Balaban J connectivity index is 1.57. The Bertz CT molecular complexity index is 937. The number of pyridine rings is 1. The van der Waals surface area contributed by atoms with Gasteiger partial charge in [0.05, 0.1) is 11.3 Å². The maximum absolute atomic E-state index is 6.00. The average molecular weight is 365 g/mol. The van der Waals surface area contributed by atoms with Crippen molar-refractivity contribution in [3.05, 3.63) is 53.5 Å². The lowest BCUT2D eigenvalue weighted by Gasteiger charge is -2.14. The fourth-order valence-corrected chi connectivity index (χ4v) is 3.34. The van der Waals surface area contributed by atoms with Crippen LogP contribution in [-0.2, 0) is 0 Å². The van der Waals surface area contributed by atoms with Gasteiger partial charge in [-0.15, -0.1) is 11.3 Å².